The lowest BCUT2D eigenvalue weighted by molar-refractivity contribution is 0.174. The van der Waals surface area contributed by atoms with E-state index >= 15 is 0 Å². The topological polar surface area (TPSA) is 52.4 Å². The Morgan fingerprint density at radius 2 is 1.67 bits per heavy atom. The zero-order chi connectivity index (χ0) is 22.0. The average molecular weight is 439 g/mol. The molecule has 1 fully saturated rings. The highest BCUT2D eigenvalue weighted by molar-refractivity contribution is 5.67. The minimum Gasteiger partial charge on any atom is -0.454 e. The zero-order valence-corrected chi connectivity index (χ0v) is 18.4. The molecule has 2 aromatic heterocycles. The van der Waals surface area contributed by atoms with E-state index in [-0.39, 0.29) is 6.79 Å². The SMILES string of the molecule is c1ccc(-n2cc(CN3CCC(c4ccncc4)CC3)c(-c3ccc4c(c3)OCO4)n2)cc1. The van der Waals surface area contributed by atoms with Crippen LogP contribution in [0.15, 0.2) is 79.3 Å². The van der Waals surface area contributed by atoms with E-state index in [1.165, 1.54) is 11.1 Å². The van der Waals surface area contributed by atoms with Crippen LogP contribution in [0.3, 0.4) is 0 Å². The van der Waals surface area contributed by atoms with E-state index < -0.39 is 0 Å². The van der Waals surface area contributed by atoms with Crippen LogP contribution in [0.5, 0.6) is 11.5 Å². The number of piperidine rings is 1. The third kappa shape index (κ3) is 4.10. The van der Waals surface area contributed by atoms with Gasteiger partial charge in [0.05, 0.1) is 11.4 Å². The summed E-state index contributed by atoms with van der Waals surface area (Å²) in [4.78, 5) is 6.70. The summed E-state index contributed by atoms with van der Waals surface area (Å²) < 4.78 is 13.1. The second-order valence-electron chi connectivity index (χ2n) is 8.68. The van der Waals surface area contributed by atoms with Gasteiger partial charge in [0.25, 0.3) is 0 Å². The maximum absolute atomic E-state index is 5.62. The molecule has 166 valence electrons. The summed E-state index contributed by atoms with van der Waals surface area (Å²) in [5.74, 6) is 2.19. The minimum atomic E-state index is 0.274. The Morgan fingerprint density at radius 1 is 0.879 bits per heavy atom. The molecule has 4 aromatic rings. The van der Waals surface area contributed by atoms with Crippen LogP contribution in [0.25, 0.3) is 16.9 Å². The number of para-hydroxylation sites is 1. The quantitative estimate of drug-likeness (QED) is 0.437. The molecule has 6 heteroatoms. The highest BCUT2D eigenvalue weighted by Gasteiger charge is 2.23. The Labute approximate surface area is 193 Å². The van der Waals surface area contributed by atoms with Gasteiger partial charge in [-0.3, -0.25) is 9.88 Å². The lowest BCUT2D eigenvalue weighted by Crippen LogP contribution is -2.32. The Balaban J connectivity index is 1.27. The summed E-state index contributed by atoms with van der Waals surface area (Å²) in [5, 5.41) is 4.99. The molecule has 6 rings (SSSR count). The van der Waals surface area contributed by atoms with Crippen LogP contribution in [0.2, 0.25) is 0 Å². The smallest absolute Gasteiger partial charge is 0.231 e. The van der Waals surface area contributed by atoms with Gasteiger partial charge >= 0.3 is 0 Å². The molecule has 0 aliphatic carbocycles. The van der Waals surface area contributed by atoms with Crippen molar-refractivity contribution in [3.63, 3.8) is 0 Å². The average Bonchev–Trinajstić information content (AvgIpc) is 3.52. The van der Waals surface area contributed by atoms with Crippen molar-refractivity contribution in [2.24, 2.45) is 0 Å². The van der Waals surface area contributed by atoms with Crippen LogP contribution >= 0.6 is 0 Å². The van der Waals surface area contributed by atoms with Crippen molar-refractivity contribution in [3.05, 3.63) is 90.4 Å². The van der Waals surface area contributed by atoms with Crippen LogP contribution in [-0.2, 0) is 6.54 Å². The van der Waals surface area contributed by atoms with Crippen LogP contribution in [0, 0.1) is 0 Å². The Hall–Kier alpha value is -3.64. The number of fused-ring (bicyclic) bond motifs is 1. The first-order valence-electron chi connectivity index (χ1n) is 11.5. The molecule has 0 saturated carbocycles. The maximum Gasteiger partial charge on any atom is 0.231 e. The standard InChI is InChI=1S/C27H26N4O2/c1-2-4-24(5-3-1)31-18-23(27(29-31)22-6-7-25-26(16-22)33-19-32-25)17-30-14-10-21(11-15-30)20-8-12-28-13-9-20/h1-9,12-13,16,18,21H,10-11,14-15,17,19H2. The first-order valence-corrected chi connectivity index (χ1v) is 11.5. The third-order valence-corrected chi connectivity index (χ3v) is 6.62. The molecule has 33 heavy (non-hydrogen) atoms. The largest absolute Gasteiger partial charge is 0.454 e. The molecule has 0 spiro atoms. The first kappa shape index (κ1) is 20.0. The van der Waals surface area contributed by atoms with Gasteiger partial charge in [0.1, 0.15) is 0 Å². The van der Waals surface area contributed by atoms with Crippen molar-refractivity contribution in [2.75, 3.05) is 19.9 Å². The van der Waals surface area contributed by atoms with Gasteiger partial charge in [0.2, 0.25) is 6.79 Å². The number of pyridine rings is 1. The second kappa shape index (κ2) is 8.71. The van der Waals surface area contributed by atoms with Crippen LogP contribution < -0.4 is 9.47 Å². The number of likely N-dealkylation sites (tertiary alicyclic amines) is 1. The Bertz CT molecular complexity index is 1230. The molecule has 2 aliphatic heterocycles. The molecule has 0 unspecified atom stereocenters. The number of benzene rings is 2. The van der Waals surface area contributed by atoms with Crippen molar-refractivity contribution in [3.8, 4) is 28.4 Å². The number of nitrogens with zero attached hydrogens (tertiary/aromatic N) is 4. The molecule has 6 nitrogen and oxygen atoms in total. The lowest BCUT2D eigenvalue weighted by Gasteiger charge is -2.32. The monoisotopic (exact) mass is 438 g/mol. The van der Waals surface area contributed by atoms with Gasteiger partial charge in [-0.25, -0.2) is 4.68 Å². The van der Waals surface area contributed by atoms with Crippen molar-refractivity contribution >= 4 is 0 Å². The maximum atomic E-state index is 5.62. The Morgan fingerprint density at radius 3 is 2.48 bits per heavy atom. The fourth-order valence-electron chi connectivity index (χ4n) is 4.83. The van der Waals surface area contributed by atoms with Crippen molar-refractivity contribution < 1.29 is 9.47 Å². The van der Waals surface area contributed by atoms with Crippen LogP contribution in [0.4, 0.5) is 0 Å². The summed E-state index contributed by atoms with van der Waals surface area (Å²) in [7, 11) is 0. The second-order valence-corrected chi connectivity index (χ2v) is 8.68. The molecule has 0 bridgehead atoms. The highest BCUT2D eigenvalue weighted by Crippen LogP contribution is 2.37. The van der Waals surface area contributed by atoms with E-state index in [1.807, 2.05) is 47.4 Å². The lowest BCUT2D eigenvalue weighted by atomic mass is 9.90. The van der Waals surface area contributed by atoms with E-state index in [2.05, 4.69) is 46.4 Å². The summed E-state index contributed by atoms with van der Waals surface area (Å²) in [5.41, 5.74) is 5.73. The van der Waals surface area contributed by atoms with Crippen LogP contribution in [-0.4, -0.2) is 39.5 Å². The molecule has 0 amide bonds. The summed E-state index contributed by atoms with van der Waals surface area (Å²) in [6.07, 6.45) is 8.30. The van der Waals surface area contributed by atoms with Gasteiger partial charge in [-0.2, -0.15) is 5.10 Å². The van der Waals surface area contributed by atoms with Crippen molar-refractivity contribution in [1.82, 2.24) is 19.7 Å². The molecule has 2 aliphatic rings. The molecular formula is C27H26N4O2. The fourth-order valence-corrected chi connectivity index (χ4v) is 4.83. The predicted octanol–water partition coefficient (Wildman–Crippen LogP) is 5.04. The summed E-state index contributed by atoms with van der Waals surface area (Å²) in [6.45, 7) is 3.30. The third-order valence-electron chi connectivity index (χ3n) is 6.62. The molecular weight excluding hydrogens is 412 g/mol. The summed E-state index contributed by atoms with van der Waals surface area (Å²) in [6, 6.07) is 20.7. The molecule has 0 atom stereocenters. The summed E-state index contributed by atoms with van der Waals surface area (Å²) >= 11 is 0. The van der Waals surface area contributed by atoms with Gasteiger partial charge in [0, 0.05) is 36.3 Å². The van der Waals surface area contributed by atoms with Gasteiger partial charge in [-0.05, 0) is 79.9 Å². The molecule has 1 saturated heterocycles. The predicted molar refractivity (Wildman–Crippen MR) is 127 cm³/mol. The van der Waals surface area contributed by atoms with E-state index in [1.54, 1.807) is 0 Å². The number of aromatic nitrogens is 3. The van der Waals surface area contributed by atoms with Gasteiger partial charge < -0.3 is 9.47 Å². The zero-order valence-electron chi connectivity index (χ0n) is 18.4. The fraction of sp³-hybridized carbons (Fsp3) is 0.259. The van der Waals surface area contributed by atoms with Crippen LogP contribution in [0.1, 0.15) is 29.9 Å². The van der Waals surface area contributed by atoms with Crippen molar-refractivity contribution in [1.29, 1.82) is 0 Å². The van der Waals surface area contributed by atoms with Gasteiger partial charge in [0.15, 0.2) is 11.5 Å². The van der Waals surface area contributed by atoms with E-state index in [9.17, 15) is 0 Å². The first-order chi connectivity index (χ1) is 16.3. The number of hydrogen-bond acceptors (Lipinski definition) is 5. The Kier molecular flexibility index (Phi) is 5.28. The number of rotatable bonds is 5. The van der Waals surface area contributed by atoms with E-state index in [0.29, 0.717) is 5.92 Å². The number of hydrogen-bond donors (Lipinski definition) is 0. The highest BCUT2D eigenvalue weighted by atomic mass is 16.7. The van der Waals surface area contributed by atoms with E-state index in [0.717, 1.165) is 60.9 Å². The van der Waals surface area contributed by atoms with Crippen molar-refractivity contribution in [2.45, 2.75) is 25.3 Å². The molecule has 0 N–H and O–H groups in total. The van der Waals surface area contributed by atoms with Gasteiger partial charge in [-0.1, -0.05) is 18.2 Å². The molecule has 0 radical (unpaired) electrons. The number of ether oxygens (including phenoxy) is 2. The van der Waals surface area contributed by atoms with E-state index in [4.69, 9.17) is 14.6 Å². The van der Waals surface area contributed by atoms with Gasteiger partial charge in [-0.15, -0.1) is 0 Å². The normalized spacial score (nSPS) is 16.2. The molecule has 2 aromatic carbocycles. The molecule has 4 heterocycles. The minimum absolute atomic E-state index is 0.274.